The van der Waals surface area contributed by atoms with Gasteiger partial charge in [0.05, 0.1) is 35.8 Å². The van der Waals surface area contributed by atoms with Gasteiger partial charge in [0.2, 0.25) is 0 Å². The van der Waals surface area contributed by atoms with Crippen molar-refractivity contribution < 1.29 is 19.1 Å². The quantitative estimate of drug-likeness (QED) is 0.431. The molecule has 0 bridgehead atoms. The van der Waals surface area contributed by atoms with Gasteiger partial charge in [0.1, 0.15) is 0 Å². The number of carbonyl (C=O) groups is 2. The Morgan fingerprint density at radius 2 is 1.43 bits per heavy atom. The zero-order chi connectivity index (χ0) is 24.9. The second-order valence-corrected chi connectivity index (χ2v) is 8.06. The van der Waals surface area contributed by atoms with E-state index in [1.807, 2.05) is 73.7 Å². The first-order valence-electron chi connectivity index (χ1n) is 11.7. The SMILES string of the molecule is CCOC(=O)C1=C(c2ccccc2)/C(=C/c2[nH]c(C)c(C(=O)OCC)c2-c2ccccc2)N=C1C. The Balaban J connectivity index is 1.95. The molecule has 1 N–H and O–H groups in total. The number of nitrogens with zero attached hydrogens (tertiary/aromatic N) is 1. The van der Waals surface area contributed by atoms with Crippen molar-refractivity contribution in [2.24, 2.45) is 4.99 Å². The number of nitrogens with one attached hydrogen (secondary N) is 1. The lowest BCUT2D eigenvalue weighted by molar-refractivity contribution is -0.137. The van der Waals surface area contributed by atoms with Crippen LogP contribution in [0.15, 0.2) is 76.9 Å². The molecule has 6 nitrogen and oxygen atoms in total. The largest absolute Gasteiger partial charge is 0.462 e. The molecule has 1 aromatic heterocycles. The number of esters is 2. The Kier molecular flexibility index (Phi) is 7.11. The van der Waals surface area contributed by atoms with Gasteiger partial charge in [0, 0.05) is 22.5 Å². The van der Waals surface area contributed by atoms with Crippen LogP contribution in [0.5, 0.6) is 0 Å². The smallest absolute Gasteiger partial charge is 0.340 e. The molecule has 4 rings (SSSR count). The molecule has 0 amide bonds. The normalized spacial score (nSPS) is 14.3. The minimum Gasteiger partial charge on any atom is -0.462 e. The highest BCUT2D eigenvalue weighted by Gasteiger charge is 2.30. The van der Waals surface area contributed by atoms with Gasteiger partial charge in [-0.3, -0.25) is 4.99 Å². The van der Waals surface area contributed by atoms with Crippen LogP contribution in [0.4, 0.5) is 0 Å². The van der Waals surface area contributed by atoms with E-state index >= 15 is 0 Å². The molecule has 2 heterocycles. The Hall–Kier alpha value is -4.19. The van der Waals surface area contributed by atoms with Crippen LogP contribution in [0.2, 0.25) is 0 Å². The lowest BCUT2D eigenvalue weighted by atomic mass is 9.95. The minimum atomic E-state index is -0.408. The highest BCUT2D eigenvalue weighted by atomic mass is 16.5. The topological polar surface area (TPSA) is 80.8 Å². The molecular formula is C29H28N2O4. The number of H-pyrrole nitrogens is 1. The maximum Gasteiger partial charge on any atom is 0.340 e. The first-order valence-corrected chi connectivity index (χ1v) is 11.7. The molecule has 0 spiro atoms. The number of ether oxygens (including phenoxy) is 2. The number of rotatable bonds is 7. The summed E-state index contributed by atoms with van der Waals surface area (Å²) in [5.74, 6) is -0.795. The number of aliphatic imine (C=N–C) groups is 1. The number of aryl methyl sites for hydroxylation is 1. The van der Waals surface area contributed by atoms with Crippen LogP contribution >= 0.6 is 0 Å². The third kappa shape index (κ3) is 4.73. The number of allylic oxidation sites excluding steroid dienone is 1. The number of benzene rings is 2. The molecule has 0 fully saturated rings. The summed E-state index contributed by atoms with van der Waals surface area (Å²) in [4.78, 5) is 33.9. The molecule has 1 aliphatic rings. The fourth-order valence-electron chi connectivity index (χ4n) is 4.31. The van der Waals surface area contributed by atoms with Crippen LogP contribution in [0, 0.1) is 6.92 Å². The van der Waals surface area contributed by atoms with Crippen LogP contribution in [0.25, 0.3) is 22.8 Å². The molecule has 1 aliphatic heterocycles. The van der Waals surface area contributed by atoms with Crippen LogP contribution in [0.1, 0.15) is 48.1 Å². The summed E-state index contributed by atoms with van der Waals surface area (Å²) in [6, 6.07) is 19.3. The summed E-state index contributed by atoms with van der Waals surface area (Å²) in [7, 11) is 0. The van der Waals surface area contributed by atoms with E-state index in [1.165, 1.54) is 0 Å². The zero-order valence-electron chi connectivity index (χ0n) is 20.3. The number of aromatic amines is 1. The van der Waals surface area contributed by atoms with Gasteiger partial charge in [-0.25, -0.2) is 9.59 Å². The molecule has 0 unspecified atom stereocenters. The van der Waals surface area contributed by atoms with Crippen molar-refractivity contribution in [1.82, 2.24) is 4.98 Å². The van der Waals surface area contributed by atoms with Crippen molar-refractivity contribution in [2.45, 2.75) is 27.7 Å². The van der Waals surface area contributed by atoms with E-state index < -0.39 is 5.97 Å². The third-order valence-corrected chi connectivity index (χ3v) is 5.74. The Labute approximate surface area is 205 Å². The van der Waals surface area contributed by atoms with Gasteiger partial charge in [-0.2, -0.15) is 0 Å². The van der Waals surface area contributed by atoms with Gasteiger partial charge in [-0.1, -0.05) is 60.7 Å². The molecule has 35 heavy (non-hydrogen) atoms. The summed E-state index contributed by atoms with van der Waals surface area (Å²) < 4.78 is 10.7. The second-order valence-electron chi connectivity index (χ2n) is 8.06. The number of hydrogen-bond donors (Lipinski definition) is 1. The van der Waals surface area contributed by atoms with E-state index in [0.29, 0.717) is 39.5 Å². The molecule has 0 saturated carbocycles. The van der Waals surface area contributed by atoms with Gasteiger partial charge in [0.15, 0.2) is 0 Å². The number of carbonyl (C=O) groups excluding carboxylic acids is 2. The maximum absolute atomic E-state index is 12.9. The first kappa shape index (κ1) is 24.0. The molecule has 0 saturated heterocycles. The van der Waals surface area contributed by atoms with E-state index in [2.05, 4.69) is 4.98 Å². The van der Waals surface area contributed by atoms with E-state index in [9.17, 15) is 9.59 Å². The van der Waals surface area contributed by atoms with E-state index in [1.54, 1.807) is 20.8 Å². The van der Waals surface area contributed by atoms with Crippen LogP contribution in [-0.4, -0.2) is 35.8 Å². The summed E-state index contributed by atoms with van der Waals surface area (Å²) in [5, 5.41) is 0. The van der Waals surface area contributed by atoms with E-state index in [0.717, 1.165) is 16.7 Å². The predicted molar refractivity (Wildman–Crippen MR) is 138 cm³/mol. The summed E-state index contributed by atoms with van der Waals surface area (Å²) in [6.07, 6.45) is 1.89. The van der Waals surface area contributed by atoms with Crippen molar-refractivity contribution in [3.63, 3.8) is 0 Å². The molecule has 0 atom stereocenters. The van der Waals surface area contributed by atoms with Gasteiger partial charge >= 0.3 is 11.9 Å². The van der Waals surface area contributed by atoms with Crippen molar-refractivity contribution in [3.05, 3.63) is 94.4 Å². The van der Waals surface area contributed by atoms with Crippen LogP contribution < -0.4 is 0 Å². The zero-order valence-corrected chi connectivity index (χ0v) is 20.3. The Bertz CT molecular complexity index is 1350. The summed E-state index contributed by atoms with van der Waals surface area (Å²) in [5.41, 5.74) is 6.71. The summed E-state index contributed by atoms with van der Waals surface area (Å²) >= 11 is 0. The highest BCUT2D eigenvalue weighted by molar-refractivity contribution is 6.29. The van der Waals surface area contributed by atoms with Crippen LogP contribution in [0.3, 0.4) is 0 Å². The fourth-order valence-corrected chi connectivity index (χ4v) is 4.31. The Morgan fingerprint density at radius 3 is 2.03 bits per heavy atom. The number of hydrogen-bond acceptors (Lipinski definition) is 5. The molecule has 6 heteroatoms. The van der Waals surface area contributed by atoms with E-state index in [-0.39, 0.29) is 19.2 Å². The maximum atomic E-state index is 12.9. The molecule has 178 valence electrons. The molecule has 0 radical (unpaired) electrons. The lowest BCUT2D eigenvalue weighted by Crippen LogP contribution is -2.13. The van der Waals surface area contributed by atoms with Crippen LogP contribution in [-0.2, 0) is 14.3 Å². The van der Waals surface area contributed by atoms with Gasteiger partial charge < -0.3 is 14.5 Å². The van der Waals surface area contributed by atoms with Crippen molar-refractivity contribution in [3.8, 4) is 11.1 Å². The second kappa shape index (κ2) is 10.4. The summed E-state index contributed by atoms with van der Waals surface area (Å²) in [6.45, 7) is 7.77. The Morgan fingerprint density at radius 1 is 0.857 bits per heavy atom. The van der Waals surface area contributed by atoms with Crippen molar-refractivity contribution in [1.29, 1.82) is 0 Å². The fraction of sp³-hybridized carbons (Fsp3) is 0.207. The molecule has 0 aliphatic carbocycles. The molecular weight excluding hydrogens is 440 g/mol. The van der Waals surface area contributed by atoms with Gasteiger partial charge in [-0.15, -0.1) is 0 Å². The highest BCUT2D eigenvalue weighted by Crippen LogP contribution is 2.38. The van der Waals surface area contributed by atoms with Gasteiger partial charge in [0.25, 0.3) is 0 Å². The number of aromatic nitrogens is 1. The van der Waals surface area contributed by atoms with Crippen molar-refractivity contribution in [2.75, 3.05) is 13.2 Å². The average Bonchev–Trinajstić information content (AvgIpc) is 3.36. The third-order valence-electron chi connectivity index (χ3n) is 5.74. The minimum absolute atomic E-state index is 0.271. The van der Waals surface area contributed by atoms with E-state index in [4.69, 9.17) is 14.5 Å². The molecule has 2 aromatic carbocycles. The van der Waals surface area contributed by atoms with Gasteiger partial charge in [-0.05, 0) is 44.9 Å². The monoisotopic (exact) mass is 468 g/mol. The molecule has 3 aromatic rings. The lowest BCUT2D eigenvalue weighted by Gasteiger charge is -2.10. The predicted octanol–water partition coefficient (Wildman–Crippen LogP) is 6.00. The standard InChI is InChI=1S/C29H28N2O4/c1-5-34-28(32)24-18(3)30-22(26(24)20-13-9-7-10-14-20)17-23-27(21-15-11-8-12-16-21)25(19(4)31-23)29(33)35-6-2/h7-17,30H,5-6H2,1-4H3/b23-17-. The average molecular weight is 469 g/mol. The van der Waals surface area contributed by atoms with Crippen molar-refractivity contribution >= 4 is 29.3 Å². The first-order chi connectivity index (χ1) is 17.0.